The second-order valence-electron chi connectivity index (χ2n) is 7.67. The van der Waals surface area contributed by atoms with Gasteiger partial charge in [-0.15, -0.1) is 0 Å². The van der Waals surface area contributed by atoms with Gasteiger partial charge in [0.05, 0.1) is 18.1 Å². The zero-order valence-electron chi connectivity index (χ0n) is 16.4. The Balaban J connectivity index is 1.85. The molecule has 4 nitrogen and oxygen atoms in total. The van der Waals surface area contributed by atoms with E-state index in [-0.39, 0.29) is 16.8 Å². The summed E-state index contributed by atoms with van der Waals surface area (Å²) in [4.78, 5) is 12.4. The van der Waals surface area contributed by atoms with Crippen molar-refractivity contribution in [2.75, 3.05) is 6.61 Å². The van der Waals surface area contributed by atoms with Crippen LogP contribution in [0.25, 0.3) is 11.0 Å². The van der Waals surface area contributed by atoms with Crippen molar-refractivity contribution in [3.05, 3.63) is 64.3 Å². The van der Waals surface area contributed by atoms with Gasteiger partial charge >= 0.3 is 0 Å². The van der Waals surface area contributed by atoms with Gasteiger partial charge in [0.25, 0.3) is 5.95 Å². The van der Waals surface area contributed by atoms with Crippen molar-refractivity contribution in [3.63, 3.8) is 0 Å². The summed E-state index contributed by atoms with van der Waals surface area (Å²) >= 11 is 0. The molecule has 0 saturated carbocycles. The first-order valence-corrected chi connectivity index (χ1v) is 9.36. The summed E-state index contributed by atoms with van der Waals surface area (Å²) in [5.74, 6) is 1.48. The van der Waals surface area contributed by atoms with E-state index in [9.17, 15) is 4.79 Å². The molecule has 27 heavy (non-hydrogen) atoms. The van der Waals surface area contributed by atoms with Crippen LogP contribution in [0.5, 0.6) is 17.4 Å². The first kappa shape index (κ1) is 19.0. The highest BCUT2D eigenvalue weighted by Crippen LogP contribution is 2.28. The normalized spacial score (nSPS) is 11.6. The Morgan fingerprint density at radius 3 is 2.33 bits per heavy atom. The second-order valence-corrected chi connectivity index (χ2v) is 7.67. The molecule has 0 aliphatic carbocycles. The second kappa shape index (κ2) is 7.87. The molecule has 0 spiro atoms. The molecule has 0 radical (unpaired) electrons. The fourth-order valence-corrected chi connectivity index (χ4v) is 2.73. The number of benzene rings is 2. The zero-order valence-corrected chi connectivity index (χ0v) is 16.4. The maximum absolute atomic E-state index is 12.4. The molecule has 0 bridgehead atoms. The van der Waals surface area contributed by atoms with E-state index >= 15 is 0 Å². The minimum absolute atomic E-state index is 0.0716. The molecule has 4 heteroatoms. The largest absolute Gasteiger partial charge is 0.493 e. The van der Waals surface area contributed by atoms with Gasteiger partial charge in [-0.25, -0.2) is 0 Å². The highest BCUT2D eigenvalue weighted by Gasteiger charge is 2.14. The van der Waals surface area contributed by atoms with Crippen molar-refractivity contribution in [2.24, 2.45) is 0 Å². The Labute approximate surface area is 159 Å². The predicted octanol–water partition coefficient (Wildman–Crippen LogP) is 6.06. The molecule has 1 heterocycles. The van der Waals surface area contributed by atoms with Crippen LogP contribution < -0.4 is 14.9 Å². The van der Waals surface area contributed by atoms with Crippen molar-refractivity contribution in [1.29, 1.82) is 0 Å². The third-order valence-corrected chi connectivity index (χ3v) is 4.38. The molecule has 0 aliphatic heterocycles. The van der Waals surface area contributed by atoms with Crippen LogP contribution in [0.2, 0.25) is 0 Å². The van der Waals surface area contributed by atoms with Crippen LogP contribution in [0.1, 0.15) is 46.1 Å². The Bertz CT molecular complexity index is 962. The SMILES string of the molecule is CCCCOc1ccc2c(=O)cc(Oc3ccc(C(C)(C)C)cc3)oc2c1. The smallest absolute Gasteiger partial charge is 0.294 e. The summed E-state index contributed by atoms with van der Waals surface area (Å²) < 4.78 is 17.2. The summed E-state index contributed by atoms with van der Waals surface area (Å²) in [6.45, 7) is 9.23. The molecule has 142 valence electrons. The number of rotatable bonds is 6. The average molecular weight is 366 g/mol. The summed E-state index contributed by atoms with van der Waals surface area (Å²) in [5.41, 5.74) is 1.60. The van der Waals surface area contributed by atoms with Crippen LogP contribution >= 0.6 is 0 Å². The van der Waals surface area contributed by atoms with Crippen LogP contribution in [-0.2, 0) is 5.41 Å². The lowest BCUT2D eigenvalue weighted by Gasteiger charge is -2.19. The third kappa shape index (κ3) is 4.70. The lowest BCUT2D eigenvalue weighted by atomic mass is 9.87. The molecule has 3 rings (SSSR count). The molecule has 2 aromatic carbocycles. The Morgan fingerprint density at radius 1 is 0.963 bits per heavy atom. The van der Waals surface area contributed by atoms with Crippen molar-refractivity contribution < 1.29 is 13.9 Å². The highest BCUT2D eigenvalue weighted by atomic mass is 16.6. The fourth-order valence-electron chi connectivity index (χ4n) is 2.73. The van der Waals surface area contributed by atoms with E-state index < -0.39 is 0 Å². The first-order valence-electron chi connectivity index (χ1n) is 9.36. The topological polar surface area (TPSA) is 48.7 Å². The average Bonchev–Trinajstić information content (AvgIpc) is 2.61. The number of unbranched alkanes of at least 4 members (excludes halogenated alkanes) is 1. The van der Waals surface area contributed by atoms with Crippen molar-refractivity contribution in [2.45, 2.75) is 46.0 Å². The molecule has 0 N–H and O–H groups in total. The van der Waals surface area contributed by atoms with Gasteiger partial charge in [-0.3, -0.25) is 4.79 Å². The van der Waals surface area contributed by atoms with Crippen LogP contribution in [-0.4, -0.2) is 6.61 Å². The molecule has 0 unspecified atom stereocenters. The van der Waals surface area contributed by atoms with Crippen molar-refractivity contribution in [3.8, 4) is 17.4 Å². The number of fused-ring (bicyclic) bond motifs is 1. The van der Waals surface area contributed by atoms with Gasteiger partial charge in [-0.1, -0.05) is 46.2 Å². The number of hydrogen-bond donors (Lipinski definition) is 0. The summed E-state index contributed by atoms with van der Waals surface area (Å²) in [5, 5.41) is 0.508. The quantitative estimate of drug-likeness (QED) is 0.497. The van der Waals surface area contributed by atoms with E-state index in [2.05, 4.69) is 27.7 Å². The maximum atomic E-state index is 12.4. The first-order chi connectivity index (χ1) is 12.9. The van der Waals surface area contributed by atoms with Gasteiger partial charge in [0, 0.05) is 6.07 Å². The third-order valence-electron chi connectivity index (χ3n) is 4.38. The number of ether oxygens (including phenoxy) is 2. The van der Waals surface area contributed by atoms with Crippen LogP contribution in [0.15, 0.2) is 57.7 Å². The van der Waals surface area contributed by atoms with Gasteiger partial charge in [0.1, 0.15) is 17.1 Å². The van der Waals surface area contributed by atoms with Crippen LogP contribution in [0.4, 0.5) is 0 Å². The molecule has 0 fully saturated rings. The Kier molecular flexibility index (Phi) is 5.54. The molecule has 3 aromatic rings. The van der Waals surface area contributed by atoms with Crippen LogP contribution in [0, 0.1) is 0 Å². The Hall–Kier alpha value is -2.75. The predicted molar refractivity (Wildman–Crippen MR) is 108 cm³/mol. The lowest BCUT2D eigenvalue weighted by molar-refractivity contribution is 0.308. The fraction of sp³-hybridized carbons (Fsp3) is 0.348. The molecule has 0 atom stereocenters. The van der Waals surface area contributed by atoms with Crippen LogP contribution in [0.3, 0.4) is 0 Å². The molecule has 0 saturated heterocycles. The molecular weight excluding hydrogens is 340 g/mol. The number of hydrogen-bond acceptors (Lipinski definition) is 4. The van der Waals surface area contributed by atoms with Gasteiger partial charge < -0.3 is 13.9 Å². The minimum atomic E-state index is -0.141. The van der Waals surface area contributed by atoms with Crippen molar-refractivity contribution >= 4 is 11.0 Å². The summed E-state index contributed by atoms with van der Waals surface area (Å²) in [6, 6.07) is 14.4. The zero-order chi connectivity index (χ0) is 19.4. The van der Waals surface area contributed by atoms with E-state index in [1.54, 1.807) is 18.2 Å². The standard InChI is InChI=1S/C23H26O4/c1-5-6-13-25-18-11-12-19-20(24)15-22(27-21(19)14-18)26-17-9-7-16(8-10-17)23(2,3)4/h7-12,14-15H,5-6,13H2,1-4H3. The maximum Gasteiger partial charge on any atom is 0.294 e. The summed E-state index contributed by atoms with van der Waals surface area (Å²) in [6.07, 6.45) is 2.05. The molecular formula is C23H26O4. The van der Waals surface area contributed by atoms with Crippen molar-refractivity contribution in [1.82, 2.24) is 0 Å². The molecule has 0 amide bonds. The lowest BCUT2D eigenvalue weighted by Crippen LogP contribution is -2.10. The van der Waals surface area contributed by atoms with E-state index in [1.165, 1.54) is 11.6 Å². The molecule has 1 aromatic heterocycles. The highest BCUT2D eigenvalue weighted by molar-refractivity contribution is 5.78. The minimum Gasteiger partial charge on any atom is -0.493 e. The van der Waals surface area contributed by atoms with E-state index in [0.29, 0.717) is 29.1 Å². The van der Waals surface area contributed by atoms with E-state index in [0.717, 1.165) is 12.8 Å². The van der Waals surface area contributed by atoms with E-state index in [4.69, 9.17) is 13.9 Å². The van der Waals surface area contributed by atoms with Gasteiger partial charge in [0.15, 0.2) is 5.43 Å². The van der Waals surface area contributed by atoms with Gasteiger partial charge in [-0.2, -0.15) is 0 Å². The molecule has 0 aliphatic rings. The Morgan fingerprint density at radius 2 is 1.67 bits per heavy atom. The van der Waals surface area contributed by atoms with Gasteiger partial charge in [-0.05, 0) is 41.7 Å². The summed E-state index contributed by atoms with van der Waals surface area (Å²) in [7, 11) is 0. The van der Waals surface area contributed by atoms with Gasteiger partial charge in [0.2, 0.25) is 0 Å². The monoisotopic (exact) mass is 366 g/mol. The van der Waals surface area contributed by atoms with E-state index in [1.807, 2.05) is 24.3 Å².